The number of hydrogen-bond acceptors (Lipinski definition) is 6. The predicted molar refractivity (Wildman–Crippen MR) is 79.4 cm³/mol. The van der Waals surface area contributed by atoms with Gasteiger partial charge in [0, 0.05) is 18.3 Å². The summed E-state index contributed by atoms with van der Waals surface area (Å²) in [4.78, 5) is 37.2. The zero-order valence-electron chi connectivity index (χ0n) is 14.1. The van der Waals surface area contributed by atoms with Crippen molar-refractivity contribution in [3.8, 4) is 0 Å². The van der Waals surface area contributed by atoms with Crippen molar-refractivity contribution in [1.29, 1.82) is 0 Å². The SMILES string of the molecule is COC(=O)[C@]12C[C@@]3(CCCC(C)(C)[C@H]3C(=O)[C@@H]1OC(C)=O)CO2. The Hall–Kier alpha value is -1.43. The van der Waals surface area contributed by atoms with Crippen LogP contribution in [0.2, 0.25) is 0 Å². The van der Waals surface area contributed by atoms with Crippen molar-refractivity contribution in [3.05, 3.63) is 0 Å². The minimum atomic E-state index is -1.48. The highest BCUT2D eigenvalue weighted by molar-refractivity contribution is 5.98. The van der Waals surface area contributed by atoms with Crippen LogP contribution in [-0.2, 0) is 28.6 Å². The van der Waals surface area contributed by atoms with Crippen molar-refractivity contribution < 1.29 is 28.6 Å². The summed E-state index contributed by atoms with van der Waals surface area (Å²) < 4.78 is 16.1. The van der Waals surface area contributed by atoms with Crippen molar-refractivity contribution in [2.45, 2.75) is 58.2 Å². The molecular formula is C17H24O6. The van der Waals surface area contributed by atoms with Crippen molar-refractivity contribution >= 4 is 17.7 Å². The minimum absolute atomic E-state index is 0.195. The number of esters is 2. The lowest BCUT2D eigenvalue weighted by atomic mass is 9.49. The molecule has 1 spiro atoms. The standard InChI is InChI=1S/C17H24O6/c1-10(18)23-13-11(19)12-15(2,3)6-5-7-16(12)8-17(13,22-9-16)14(20)21-4/h12-13H,5-9H2,1-4H3/t12-,13+,16+,17+/m1/s1. The smallest absolute Gasteiger partial charge is 0.342 e. The van der Waals surface area contributed by atoms with Crippen molar-refractivity contribution in [3.63, 3.8) is 0 Å². The Kier molecular flexibility index (Phi) is 3.59. The van der Waals surface area contributed by atoms with E-state index in [0.717, 1.165) is 19.3 Å². The second kappa shape index (κ2) is 5.03. The molecule has 0 N–H and O–H groups in total. The van der Waals surface area contributed by atoms with Gasteiger partial charge in [-0.15, -0.1) is 0 Å². The number of Topliss-reactive ketones (excluding diaryl/α,β-unsaturated/α-hetero) is 1. The average molecular weight is 324 g/mol. The molecule has 2 saturated carbocycles. The number of ketones is 1. The molecule has 4 atom stereocenters. The first-order valence-electron chi connectivity index (χ1n) is 8.12. The van der Waals surface area contributed by atoms with Crippen LogP contribution in [-0.4, -0.2) is 43.1 Å². The summed E-state index contributed by atoms with van der Waals surface area (Å²) in [6.07, 6.45) is 1.94. The fourth-order valence-electron chi connectivity index (χ4n) is 5.22. The minimum Gasteiger partial charge on any atom is -0.467 e. The molecule has 0 aromatic carbocycles. The maximum Gasteiger partial charge on any atom is 0.342 e. The van der Waals surface area contributed by atoms with E-state index < -0.39 is 23.6 Å². The van der Waals surface area contributed by atoms with Gasteiger partial charge < -0.3 is 14.2 Å². The zero-order chi connectivity index (χ0) is 17.0. The largest absolute Gasteiger partial charge is 0.467 e. The van der Waals surface area contributed by atoms with E-state index in [1.807, 2.05) is 0 Å². The number of carbonyl (C=O) groups is 3. The molecule has 1 aliphatic heterocycles. The molecule has 2 aliphatic carbocycles. The Morgan fingerprint density at radius 2 is 1.96 bits per heavy atom. The summed E-state index contributed by atoms with van der Waals surface area (Å²) in [5, 5.41) is 0. The number of fused-ring (bicyclic) bond motifs is 1. The lowest BCUT2D eigenvalue weighted by Crippen LogP contribution is -2.64. The molecule has 3 fully saturated rings. The van der Waals surface area contributed by atoms with Gasteiger partial charge in [-0.3, -0.25) is 9.59 Å². The van der Waals surface area contributed by atoms with Crippen LogP contribution in [0.3, 0.4) is 0 Å². The first-order valence-corrected chi connectivity index (χ1v) is 8.12. The number of rotatable bonds is 2. The molecule has 6 heteroatoms. The van der Waals surface area contributed by atoms with Crippen molar-refractivity contribution in [1.82, 2.24) is 0 Å². The van der Waals surface area contributed by atoms with E-state index in [4.69, 9.17) is 14.2 Å². The normalized spacial score (nSPS) is 41.1. The van der Waals surface area contributed by atoms with Crippen molar-refractivity contribution in [2.75, 3.05) is 13.7 Å². The van der Waals surface area contributed by atoms with Gasteiger partial charge in [-0.05, 0) is 24.7 Å². The molecular weight excluding hydrogens is 300 g/mol. The highest BCUT2D eigenvalue weighted by Crippen LogP contribution is 2.63. The molecule has 2 bridgehead atoms. The van der Waals surface area contributed by atoms with Gasteiger partial charge >= 0.3 is 11.9 Å². The monoisotopic (exact) mass is 324 g/mol. The fraction of sp³-hybridized carbons (Fsp3) is 0.824. The summed E-state index contributed by atoms with van der Waals surface area (Å²) in [5.41, 5.74) is -2.05. The molecule has 0 amide bonds. The summed E-state index contributed by atoms with van der Waals surface area (Å²) in [7, 11) is 1.26. The molecule has 6 nitrogen and oxygen atoms in total. The van der Waals surface area contributed by atoms with Gasteiger partial charge in [0.1, 0.15) is 0 Å². The first kappa shape index (κ1) is 16.4. The number of carbonyl (C=O) groups excluding carboxylic acids is 3. The van der Waals surface area contributed by atoms with E-state index in [0.29, 0.717) is 13.0 Å². The van der Waals surface area contributed by atoms with Gasteiger partial charge in [0.15, 0.2) is 11.9 Å². The summed E-state index contributed by atoms with van der Waals surface area (Å²) in [6, 6.07) is 0. The Morgan fingerprint density at radius 3 is 2.57 bits per heavy atom. The van der Waals surface area contributed by atoms with Gasteiger partial charge in [-0.1, -0.05) is 20.3 Å². The topological polar surface area (TPSA) is 78.9 Å². The third kappa shape index (κ3) is 2.14. The van der Waals surface area contributed by atoms with E-state index in [1.165, 1.54) is 14.0 Å². The van der Waals surface area contributed by atoms with Gasteiger partial charge in [-0.25, -0.2) is 4.79 Å². The Balaban J connectivity index is 2.10. The molecule has 1 saturated heterocycles. The van der Waals surface area contributed by atoms with Gasteiger partial charge in [0.25, 0.3) is 0 Å². The van der Waals surface area contributed by atoms with E-state index in [2.05, 4.69) is 13.8 Å². The Labute approximate surface area is 135 Å². The van der Waals surface area contributed by atoms with Crippen LogP contribution in [0.5, 0.6) is 0 Å². The van der Waals surface area contributed by atoms with Gasteiger partial charge in [-0.2, -0.15) is 0 Å². The summed E-state index contributed by atoms with van der Waals surface area (Å²) >= 11 is 0. The number of methoxy groups -OCH3 is 1. The average Bonchev–Trinajstić information content (AvgIpc) is 2.79. The summed E-state index contributed by atoms with van der Waals surface area (Å²) in [5.74, 6) is -1.69. The van der Waals surface area contributed by atoms with Crippen LogP contribution in [0, 0.1) is 16.7 Å². The highest BCUT2D eigenvalue weighted by atomic mass is 16.6. The van der Waals surface area contributed by atoms with Gasteiger partial charge in [0.05, 0.1) is 13.7 Å². The van der Waals surface area contributed by atoms with Crippen LogP contribution < -0.4 is 0 Å². The van der Waals surface area contributed by atoms with Crippen LogP contribution >= 0.6 is 0 Å². The molecule has 128 valence electrons. The molecule has 0 aromatic rings. The lowest BCUT2D eigenvalue weighted by Gasteiger charge is -2.53. The van der Waals surface area contributed by atoms with Crippen LogP contribution in [0.15, 0.2) is 0 Å². The van der Waals surface area contributed by atoms with E-state index in [9.17, 15) is 14.4 Å². The van der Waals surface area contributed by atoms with E-state index >= 15 is 0 Å². The molecule has 3 rings (SSSR count). The Bertz CT molecular complexity index is 567. The molecule has 0 unspecified atom stereocenters. The lowest BCUT2D eigenvalue weighted by molar-refractivity contribution is -0.195. The predicted octanol–water partition coefficient (Wildman–Crippen LogP) is 1.65. The first-order chi connectivity index (χ1) is 10.7. The molecule has 1 heterocycles. The second-order valence-electron chi connectivity index (χ2n) is 7.88. The van der Waals surface area contributed by atoms with E-state index in [-0.39, 0.29) is 22.5 Å². The third-order valence-electron chi connectivity index (χ3n) is 5.90. The van der Waals surface area contributed by atoms with Crippen LogP contribution in [0.1, 0.15) is 46.5 Å². The van der Waals surface area contributed by atoms with Crippen LogP contribution in [0.4, 0.5) is 0 Å². The molecule has 0 aromatic heterocycles. The maximum absolute atomic E-state index is 13.2. The van der Waals surface area contributed by atoms with Gasteiger partial charge in [0.2, 0.25) is 5.60 Å². The molecule has 0 radical (unpaired) electrons. The second-order valence-corrected chi connectivity index (χ2v) is 7.88. The number of hydrogen-bond donors (Lipinski definition) is 0. The molecule has 23 heavy (non-hydrogen) atoms. The Morgan fingerprint density at radius 1 is 1.26 bits per heavy atom. The summed E-state index contributed by atoms with van der Waals surface area (Å²) in [6.45, 7) is 5.72. The third-order valence-corrected chi connectivity index (χ3v) is 5.90. The number of ether oxygens (including phenoxy) is 3. The zero-order valence-corrected chi connectivity index (χ0v) is 14.1. The van der Waals surface area contributed by atoms with E-state index in [1.54, 1.807) is 0 Å². The molecule has 3 aliphatic rings. The highest BCUT2D eigenvalue weighted by Gasteiger charge is 2.73. The quantitative estimate of drug-likeness (QED) is 0.719. The van der Waals surface area contributed by atoms with Crippen LogP contribution in [0.25, 0.3) is 0 Å². The van der Waals surface area contributed by atoms with Crippen molar-refractivity contribution in [2.24, 2.45) is 16.7 Å². The maximum atomic E-state index is 13.2. The fourth-order valence-corrected chi connectivity index (χ4v) is 5.22.